The first-order valence-corrected chi connectivity index (χ1v) is 6.35. The molecule has 0 radical (unpaired) electrons. The van der Waals surface area contributed by atoms with Crippen LogP contribution in [0.25, 0.3) is 11.4 Å². The fraction of sp³-hybridized carbons (Fsp3) is 0.167. The third-order valence-corrected chi connectivity index (χ3v) is 3.44. The van der Waals surface area contributed by atoms with Gasteiger partial charge in [0.15, 0.2) is 0 Å². The number of halogens is 1. The molecule has 0 atom stereocenters. The molecule has 1 heterocycles. The van der Waals surface area contributed by atoms with E-state index in [4.69, 9.17) is 9.47 Å². The summed E-state index contributed by atoms with van der Waals surface area (Å²) in [6.07, 6.45) is 0. The van der Waals surface area contributed by atoms with Crippen LogP contribution in [0.4, 0.5) is 0 Å². The van der Waals surface area contributed by atoms with Crippen LogP contribution in [0, 0.1) is 3.57 Å². The van der Waals surface area contributed by atoms with Crippen molar-refractivity contribution in [1.82, 2.24) is 9.97 Å². The van der Waals surface area contributed by atoms with Crippen LogP contribution in [0.15, 0.2) is 23.0 Å². The highest BCUT2D eigenvalue weighted by Gasteiger charge is 2.11. The lowest BCUT2D eigenvalue weighted by atomic mass is 10.2. The molecule has 0 bridgehead atoms. The molecule has 100 valence electrons. The van der Waals surface area contributed by atoms with E-state index in [1.165, 1.54) is 14.2 Å². The third-order valence-electron chi connectivity index (χ3n) is 2.47. The first-order chi connectivity index (χ1) is 9.05. The monoisotopic (exact) mass is 374 g/mol. The lowest BCUT2D eigenvalue weighted by Gasteiger charge is -2.08. The van der Waals surface area contributed by atoms with Gasteiger partial charge >= 0.3 is 0 Å². The number of aromatic nitrogens is 2. The van der Waals surface area contributed by atoms with Crippen molar-refractivity contribution in [1.29, 1.82) is 0 Å². The van der Waals surface area contributed by atoms with E-state index in [0.717, 1.165) is 0 Å². The van der Waals surface area contributed by atoms with Crippen LogP contribution in [0.5, 0.6) is 17.4 Å². The number of H-pyrrole nitrogens is 1. The SMILES string of the molecule is COc1cc(OC)cc(-c2nc(O)c(I)c(=O)[nH]2)c1. The molecule has 0 fully saturated rings. The van der Waals surface area contributed by atoms with E-state index < -0.39 is 5.56 Å². The zero-order chi connectivity index (χ0) is 14.0. The van der Waals surface area contributed by atoms with Gasteiger partial charge in [-0.1, -0.05) is 0 Å². The van der Waals surface area contributed by atoms with Gasteiger partial charge in [0.05, 0.1) is 14.2 Å². The molecule has 0 saturated heterocycles. The average molecular weight is 374 g/mol. The van der Waals surface area contributed by atoms with Gasteiger partial charge in [0.1, 0.15) is 20.9 Å². The summed E-state index contributed by atoms with van der Waals surface area (Å²) in [6.45, 7) is 0. The number of aromatic hydroxyl groups is 1. The normalized spacial score (nSPS) is 10.3. The number of aromatic amines is 1. The number of methoxy groups -OCH3 is 2. The van der Waals surface area contributed by atoms with Crippen LogP contribution in [0.2, 0.25) is 0 Å². The lowest BCUT2D eigenvalue weighted by Crippen LogP contribution is -2.12. The molecule has 1 aromatic heterocycles. The molecule has 0 aliphatic rings. The van der Waals surface area contributed by atoms with E-state index in [1.54, 1.807) is 40.8 Å². The Kier molecular flexibility index (Phi) is 3.93. The molecule has 1 aromatic carbocycles. The Bertz CT molecular complexity index is 647. The number of rotatable bonds is 3. The standard InChI is InChI=1S/C12H11IN2O4/c1-18-7-3-6(4-8(5-7)19-2)10-14-11(16)9(13)12(17)15-10/h3-5H,1-2H3,(H2,14,15,16,17). The minimum absolute atomic E-state index is 0.149. The molecule has 0 spiro atoms. The van der Waals surface area contributed by atoms with Crippen LogP contribution in [-0.4, -0.2) is 29.3 Å². The molecule has 2 N–H and O–H groups in total. The molecule has 6 nitrogen and oxygen atoms in total. The second kappa shape index (κ2) is 5.47. The summed E-state index contributed by atoms with van der Waals surface area (Å²) >= 11 is 1.73. The zero-order valence-electron chi connectivity index (χ0n) is 10.2. The number of nitrogens with zero attached hydrogens (tertiary/aromatic N) is 1. The molecular weight excluding hydrogens is 363 g/mol. The van der Waals surface area contributed by atoms with Crippen molar-refractivity contribution in [2.24, 2.45) is 0 Å². The molecular formula is C12H11IN2O4. The van der Waals surface area contributed by atoms with Gasteiger partial charge < -0.3 is 19.6 Å². The quantitative estimate of drug-likeness (QED) is 0.800. The highest BCUT2D eigenvalue weighted by Crippen LogP contribution is 2.28. The molecule has 0 saturated carbocycles. The highest BCUT2D eigenvalue weighted by atomic mass is 127. The molecule has 2 aromatic rings. The average Bonchev–Trinajstić information content (AvgIpc) is 2.43. The fourth-order valence-corrected chi connectivity index (χ4v) is 1.78. The summed E-state index contributed by atoms with van der Waals surface area (Å²) in [5.41, 5.74) is 0.185. The van der Waals surface area contributed by atoms with Crippen molar-refractivity contribution < 1.29 is 14.6 Å². The summed E-state index contributed by atoms with van der Waals surface area (Å²) in [7, 11) is 3.06. The summed E-state index contributed by atoms with van der Waals surface area (Å²) in [6, 6.07) is 5.08. The van der Waals surface area contributed by atoms with Gasteiger partial charge in [0.25, 0.3) is 5.56 Å². The van der Waals surface area contributed by atoms with Gasteiger partial charge in [-0.25, -0.2) is 0 Å². The molecule has 0 amide bonds. The second-order valence-electron chi connectivity index (χ2n) is 3.65. The van der Waals surface area contributed by atoms with Crippen LogP contribution < -0.4 is 15.0 Å². The van der Waals surface area contributed by atoms with E-state index in [1.807, 2.05) is 0 Å². The predicted molar refractivity (Wildman–Crippen MR) is 77.8 cm³/mol. The van der Waals surface area contributed by atoms with Crippen molar-refractivity contribution >= 4 is 22.6 Å². The Morgan fingerprint density at radius 2 is 1.79 bits per heavy atom. The van der Waals surface area contributed by atoms with Crippen LogP contribution in [0.3, 0.4) is 0 Å². The van der Waals surface area contributed by atoms with Crippen LogP contribution in [0.1, 0.15) is 0 Å². The molecule has 7 heteroatoms. The molecule has 0 unspecified atom stereocenters. The zero-order valence-corrected chi connectivity index (χ0v) is 12.4. The first-order valence-electron chi connectivity index (χ1n) is 5.27. The Morgan fingerprint density at radius 1 is 1.21 bits per heavy atom. The number of hydrogen-bond donors (Lipinski definition) is 2. The second-order valence-corrected chi connectivity index (χ2v) is 4.73. The Hall–Kier alpha value is -1.77. The fourth-order valence-electron chi connectivity index (χ4n) is 1.53. The molecule has 2 rings (SSSR count). The summed E-state index contributed by atoms with van der Waals surface area (Å²) < 4.78 is 10.4. The number of hydrogen-bond acceptors (Lipinski definition) is 5. The summed E-state index contributed by atoms with van der Waals surface area (Å²) in [5.74, 6) is 1.08. The van der Waals surface area contributed by atoms with E-state index in [-0.39, 0.29) is 15.3 Å². The maximum absolute atomic E-state index is 11.6. The number of benzene rings is 1. The Labute approximate surface area is 122 Å². The van der Waals surface area contributed by atoms with Crippen LogP contribution >= 0.6 is 22.6 Å². The van der Waals surface area contributed by atoms with Gasteiger partial charge in [-0.3, -0.25) is 4.79 Å². The van der Waals surface area contributed by atoms with Gasteiger partial charge in [0, 0.05) is 11.6 Å². The number of nitrogens with one attached hydrogen (secondary N) is 1. The maximum atomic E-state index is 11.6. The van der Waals surface area contributed by atoms with Crippen LogP contribution in [-0.2, 0) is 0 Å². The van der Waals surface area contributed by atoms with E-state index in [9.17, 15) is 9.90 Å². The van der Waals surface area contributed by atoms with Crippen molar-refractivity contribution in [2.75, 3.05) is 14.2 Å². The van der Waals surface area contributed by atoms with Crippen molar-refractivity contribution in [3.05, 3.63) is 32.1 Å². The van der Waals surface area contributed by atoms with Gasteiger partial charge in [-0.2, -0.15) is 4.98 Å². The smallest absolute Gasteiger partial charge is 0.268 e. The molecule has 19 heavy (non-hydrogen) atoms. The first kappa shape index (κ1) is 13.7. The van der Waals surface area contributed by atoms with Gasteiger partial charge in [-0.05, 0) is 34.7 Å². The maximum Gasteiger partial charge on any atom is 0.268 e. The van der Waals surface area contributed by atoms with E-state index >= 15 is 0 Å². The molecule has 0 aliphatic heterocycles. The van der Waals surface area contributed by atoms with Crippen molar-refractivity contribution in [2.45, 2.75) is 0 Å². The van der Waals surface area contributed by atoms with Gasteiger partial charge in [0.2, 0.25) is 5.88 Å². The van der Waals surface area contributed by atoms with Crippen molar-refractivity contribution in [3.63, 3.8) is 0 Å². The predicted octanol–water partition coefficient (Wildman–Crippen LogP) is 1.76. The summed E-state index contributed by atoms with van der Waals surface area (Å²) in [4.78, 5) is 18.1. The Balaban J connectivity index is 2.61. The topological polar surface area (TPSA) is 84.4 Å². The van der Waals surface area contributed by atoms with E-state index in [0.29, 0.717) is 17.1 Å². The Morgan fingerprint density at radius 3 is 2.26 bits per heavy atom. The summed E-state index contributed by atoms with van der Waals surface area (Å²) in [5, 5.41) is 9.59. The lowest BCUT2D eigenvalue weighted by molar-refractivity contribution is 0.394. The largest absolute Gasteiger partial charge is 0.497 e. The molecule has 0 aliphatic carbocycles. The van der Waals surface area contributed by atoms with Crippen molar-refractivity contribution in [3.8, 4) is 28.8 Å². The van der Waals surface area contributed by atoms with Gasteiger partial charge in [-0.15, -0.1) is 0 Å². The number of ether oxygens (including phenoxy) is 2. The minimum Gasteiger partial charge on any atom is -0.497 e. The minimum atomic E-state index is -0.398. The van der Waals surface area contributed by atoms with E-state index in [2.05, 4.69) is 9.97 Å². The third kappa shape index (κ3) is 2.80. The highest BCUT2D eigenvalue weighted by molar-refractivity contribution is 14.1.